The smallest absolute Gasteiger partial charge is 0.261 e. The van der Waals surface area contributed by atoms with E-state index in [1.807, 2.05) is 31.2 Å². The second-order valence-corrected chi connectivity index (χ2v) is 4.62. The summed E-state index contributed by atoms with van der Waals surface area (Å²) in [5.41, 5.74) is 1.11. The quantitative estimate of drug-likeness (QED) is 0.862. The topological polar surface area (TPSA) is 50.4 Å². The van der Waals surface area contributed by atoms with E-state index < -0.39 is 0 Å². The largest absolute Gasteiger partial charge is 0.480 e. The summed E-state index contributed by atoms with van der Waals surface area (Å²) in [5.74, 6) is 0.799. The van der Waals surface area contributed by atoms with E-state index in [0.717, 1.165) is 17.9 Å². The number of nitrogens with one attached hydrogen (secondary N) is 2. The van der Waals surface area contributed by atoms with Crippen LogP contribution in [-0.2, 0) is 11.2 Å². The van der Waals surface area contributed by atoms with Crippen LogP contribution >= 0.6 is 12.4 Å². The van der Waals surface area contributed by atoms with Crippen LogP contribution in [0.15, 0.2) is 24.3 Å². The summed E-state index contributed by atoms with van der Waals surface area (Å²) in [5, 5.41) is 6.17. The van der Waals surface area contributed by atoms with Crippen LogP contribution in [0.1, 0.15) is 19.4 Å². The van der Waals surface area contributed by atoms with E-state index in [1.54, 1.807) is 0 Å². The zero-order valence-corrected chi connectivity index (χ0v) is 12.1. The molecule has 1 aromatic rings. The molecule has 0 bridgehead atoms. The Hall–Kier alpha value is -1.26. The average Bonchev–Trinajstić information content (AvgIpc) is 2.80. The molecule has 4 nitrogen and oxygen atoms in total. The third-order valence-corrected chi connectivity index (χ3v) is 3.07. The first-order chi connectivity index (χ1) is 8.70. The molecule has 2 atom stereocenters. The molecule has 0 spiro atoms. The zero-order valence-electron chi connectivity index (χ0n) is 11.3. The summed E-state index contributed by atoms with van der Waals surface area (Å²) < 4.78 is 5.63. The maximum atomic E-state index is 12.0. The van der Waals surface area contributed by atoms with Gasteiger partial charge in [0.2, 0.25) is 0 Å². The van der Waals surface area contributed by atoms with Gasteiger partial charge in [-0.3, -0.25) is 4.79 Å². The molecule has 5 heteroatoms. The maximum Gasteiger partial charge on any atom is 0.261 e. The predicted molar refractivity (Wildman–Crippen MR) is 78.0 cm³/mol. The minimum absolute atomic E-state index is 0. The Kier molecular flexibility index (Phi) is 6.12. The highest BCUT2D eigenvalue weighted by Crippen LogP contribution is 2.27. The number of amides is 1. The number of hydrogen-bond acceptors (Lipinski definition) is 3. The molecule has 2 N–H and O–H groups in total. The summed E-state index contributed by atoms with van der Waals surface area (Å²) in [6, 6.07) is 8.08. The third kappa shape index (κ3) is 4.11. The van der Waals surface area contributed by atoms with E-state index in [1.165, 1.54) is 0 Å². The number of halogens is 1. The standard InChI is InChI=1S/C14H20N2O2.ClH/c1-3-15-10(2)9-16-14(17)13-8-11-6-4-5-7-12(11)18-13;/h4-7,10,13,15H,3,8-9H2,1-2H3,(H,16,17);1H/t10-,13?;/m1./s1. The molecule has 2 rings (SSSR count). The molecule has 1 unspecified atom stereocenters. The molecule has 0 saturated carbocycles. The molecule has 1 amide bonds. The summed E-state index contributed by atoms with van der Waals surface area (Å²) >= 11 is 0. The number of likely N-dealkylation sites (N-methyl/N-ethyl adjacent to an activating group) is 1. The van der Waals surface area contributed by atoms with Crippen molar-refractivity contribution in [1.82, 2.24) is 10.6 Å². The second-order valence-electron chi connectivity index (χ2n) is 4.62. The molecule has 1 aliphatic rings. The normalized spacial score (nSPS) is 17.9. The number of fused-ring (bicyclic) bond motifs is 1. The number of hydrogen-bond donors (Lipinski definition) is 2. The summed E-state index contributed by atoms with van der Waals surface area (Å²) in [6.07, 6.45) is 0.286. The van der Waals surface area contributed by atoms with Crippen molar-refractivity contribution in [1.29, 1.82) is 0 Å². The molecule has 1 aromatic carbocycles. The van der Waals surface area contributed by atoms with E-state index in [-0.39, 0.29) is 30.5 Å². The van der Waals surface area contributed by atoms with Crippen LogP contribution in [0.5, 0.6) is 5.75 Å². The van der Waals surface area contributed by atoms with Crippen molar-refractivity contribution in [2.45, 2.75) is 32.4 Å². The molecule has 1 aliphatic heterocycles. The number of para-hydroxylation sites is 1. The van der Waals surface area contributed by atoms with Crippen molar-refractivity contribution in [2.75, 3.05) is 13.1 Å². The van der Waals surface area contributed by atoms with Gasteiger partial charge in [-0.2, -0.15) is 0 Å². The van der Waals surface area contributed by atoms with Crippen molar-refractivity contribution in [2.24, 2.45) is 0 Å². The summed E-state index contributed by atoms with van der Waals surface area (Å²) in [4.78, 5) is 12.0. The van der Waals surface area contributed by atoms with Crippen molar-refractivity contribution in [3.63, 3.8) is 0 Å². The SMILES string of the molecule is CCN[C@H](C)CNC(=O)C1Cc2ccccc2O1.Cl. The van der Waals surface area contributed by atoms with Crippen LogP contribution in [0, 0.1) is 0 Å². The van der Waals surface area contributed by atoms with Gasteiger partial charge in [-0.25, -0.2) is 0 Å². The first kappa shape index (κ1) is 15.8. The van der Waals surface area contributed by atoms with Gasteiger partial charge in [0, 0.05) is 19.0 Å². The average molecular weight is 285 g/mol. The lowest BCUT2D eigenvalue weighted by atomic mass is 10.1. The highest BCUT2D eigenvalue weighted by Gasteiger charge is 2.28. The van der Waals surface area contributed by atoms with E-state index >= 15 is 0 Å². The van der Waals surface area contributed by atoms with Crippen LogP contribution in [0.3, 0.4) is 0 Å². The zero-order chi connectivity index (χ0) is 13.0. The molecular formula is C14H21ClN2O2. The Balaban J connectivity index is 0.00000180. The minimum Gasteiger partial charge on any atom is -0.480 e. The first-order valence-corrected chi connectivity index (χ1v) is 6.46. The van der Waals surface area contributed by atoms with Crippen LogP contribution in [0.4, 0.5) is 0 Å². The third-order valence-electron chi connectivity index (χ3n) is 3.07. The van der Waals surface area contributed by atoms with E-state index in [0.29, 0.717) is 13.0 Å². The number of benzene rings is 1. The summed E-state index contributed by atoms with van der Waals surface area (Å²) in [6.45, 7) is 5.63. The molecule has 0 radical (unpaired) electrons. The Morgan fingerprint density at radius 2 is 2.21 bits per heavy atom. The van der Waals surface area contributed by atoms with E-state index in [4.69, 9.17) is 4.74 Å². The maximum absolute atomic E-state index is 12.0. The van der Waals surface area contributed by atoms with E-state index in [2.05, 4.69) is 17.6 Å². The van der Waals surface area contributed by atoms with Gasteiger partial charge in [0.1, 0.15) is 5.75 Å². The van der Waals surface area contributed by atoms with Gasteiger partial charge in [0.15, 0.2) is 6.10 Å². The second kappa shape index (κ2) is 7.36. The molecule has 0 fully saturated rings. The Morgan fingerprint density at radius 3 is 2.89 bits per heavy atom. The highest BCUT2D eigenvalue weighted by molar-refractivity contribution is 5.85. The van der Waals surface area contributed by atoms with Gasteiger partial charge in [-0.15, -0.1) is 12.4 Å². The molecule has 0 aliphatic carbocycles. The molecule has 0 aromatic heterocycles. The van der Waals surface area contributed by atoms with Gasteiger partial charge in [0.25, 0.3) is 5.91 Å². The fourth-order valence-corrected chi connectivity index (χ4v) is 2.12. The van der Waals surface area contributed by atoms with E-state index in [9.17, 15) is 4.79 Å². The van der Waals surface area contributed by atoms with Crippen molar-refractivity contribution in [3.8, 4) is 5.75 Å². The van der Waals surface area contributed by atoms with Crippen LogP contribution in [0.25, 0.3) is 0 Å². The van der Waals surface area contributed by atoms with Gasteiger partial charge in [-0.05, 0) is 25.1 Å². The van der Waals surface area contributed by atoms with Gasteiger partial charge >= 0.3 is 0 Å². The Labute approximate surface area is 120 Å². The number of carbonyl (C=O) groups excluding carboxylic acids is 1. The molecule has 0 saturated heterocycles. The monoisotopic (exact) mass is 284 g/mol. The van der Waals surface area contributed by atoms with Gasteiger partial charge in [0.05, 0.1) is 0 Å². The van der Waals surface area contributed by atoms with Crippen molar-refractivity contribution < 1.29 is 9.53 Å². The first-order valence-electron chi connectivity index (χ1n) is 6.46. The molecule has 106 valence electrons. The Bertz CT molecular complexity index is 401. The molecule has 19 heavy (non-hydrogen) atoms. The molecule has 1 heterocycles. The highest BCUT2D eigenvalue weighted by atomic mass is 35.5. The van der Waals surface area contributed by atoms with Crippen molar-refractivity contribution in [3.05, 3.63) is 29.8 Å². The van der Waals surface area contributed by atoms with Gasteiger partial charge in [-0.1, -0.05) is 25.1 Å². The fourth-order valence-electron chi connectivity index (χ4n) is 2.12. The fraction of sp³-hybridized carbons (Fsp3) is 0.500. The van der Waals surface area contributed by atoms with Crippen LogP contribution in [-0.4, -0.2) is 31.1 Å². The Morgan fingerprint density at radius 1 is 1.47 bits per heavy atom. The lowest BCUT2D eigenvalue weighted by molar-refractivity contribution is -0.127. The molecular weight excluding hydrogens is 264 g/mol. The minimum atomic E-state index is -0.378. The van der Waals surface area contributed by atoms with Crippen molar-refractivity contribution >= 4 is 18.3 Å². The lowest BCUT2D eigenvalue weighted by Crippen LogP contribution is -2.44. The lowest BCUT2D eigenvalue weighted by Gasteiger charge is -2.15. The van der Waals surface area contributed by atoms with Gasteiger partial charge < -0.3 is 15.4 Å². The number of ether oxygens (including phenoxy) is 1. The summed E-state index contributed by atoms with van der Waals surface area (Å²) in [7, 11) is 0. The number of rotatable bonds is 5. The van der Waals surface area contributed by atoms with Crippen LogP contribution in [0.2, 0.25) is 0 Å². The predicted octanol–water partition coefficient (Wildman–Crippen LogP) is 1.53. The van der Waals surface area contributed by atoms with Crippen LogP contribution < -0.4 is 15.4 Å². The number of carbonyl (C=O) groups is 1.